The lowest BCUT2D eigenvalue weighted by molar-refractivity contribution is -0.127. The molecule has 0 aromatic heterocycles. The molecule has 0 spiro atoms. The van der Waals surface area contributed by atoms with Crippen LogP contribution in [0.25, 0.3) is 0 Å². The van der Waals surface area contributed by atoms with Crippen LogP contribution in [0.3, 0.4) is 0 Å². The maximum Gasteiger partial charge on any atom is 0.336 e. The first-order valence-electron chi connectivity index (χ1n) is 7.80. The number of rotatable bonds is 6. The molecule has 1 unspecified atom stereocenters. The van der Waals surface area contributed by atoms with Crippen LogP contribution < -0.4 is 33.0 Å². The van der Waals surface area contributed by atoms with E-state index in [4.69, 9.17) is 11.5 Å². The molecule has 8 N–H and O–H groups in total. The highest BCUT2D eigenvalue weighted by Gasteiger charge is 2.23. The lowest BCUT2D eigenvalue weighted by Crippen LogP contribution is -2.55. The van der Waals surface area contributed by atoms with Crippen molar-refractivity contribution in [1.82, 2.24) is 21.5 Å². The molecule has 0 bridgehead atoms. The van der Waals surface area contributed by atoms with Crippen LogP contribution in [0.5, 0.6) is 0 Å². The molecule has 26 heavy (non-hydrogen) atoms. The van der Waals surface area contributed by atoms with Crippen molar-refractivity contribution in [3.8, 4) is 0 Å². The van der Waals surface area contributed by atoms with Crippen LogP contribution in [0.4, 0.5) is 10.5 Å². The van der Waals surface area contributed by atoms with E-state index in [-0.39, 0.29) is 12.0 Å². The number of carbonyl (C=O) groups excluding carboxylic acids is 4. The van der Waals surface area contributed by atoms with E-state index in [2.05, 4.69) is 16.2 Å². The van der Waals surface area contributed by atoms with Gasteiger partial charge < -0.3 is 16.8 Å². The third-order valence-corrected chi connectivity index (χ3v) is 2.98. The van der Waals surface area contributed by atoms with Gasteiger partial charge in [0.2, 0.25) is 11.8 Å². The highest BCUT2D eigenvalue weighted by Crippen LogP contribution is 2.06. The van der Waals surface area contributed by atoms with Crippen molar-refractivity contribution >= 4 is 29.4 Å². The number of nitrogens with two attached hydrogens (primary N) is 2. The van der Waals surface area contributed by atoms with Gasteiger partial charge in [-0.2, -0.15) is 0 Å². The summed E-state index contributed by atoms with van der Waals surface area (Å²) in [5.74, 6) is -1.94. The maximum atomic E-state index is 11.9. The Bertz CT molecular complexity index is 698. The number of hydrogen-bond acceptors (Lipinski definition) is 6. The number of imide groups is 1. The lowest BCUT2D eigenvalue weighted by Gasteiger charge is -2.22. The van der Waals surface area contributed by atoms with Crippen LogP contribution in [0.2, 0.25) is 0 Å². The minimum Gasteiger partial charge on any atom is -0.399 e. The van der Waals surface area contributed by atoms with Crippen LogP contribution >= 0.6 is 0 Å². The molecule has 10 nitrogen and oxygen atoms in total. The molecule has 142 valence electrons. The number of benzene rings is 1. The zero-order valence-corrected chi connectivity index (χ0v) is 14.9. The number of anilines is 1. The first kappa shape index (κ1) is 20.9. The predicted octanol–water partition coefficient (Wildman–Crippen LogP) is -0.628. The first-order valence-corrected chi connectivity index (χ1v) is 7.80. The van der Waals surface area contributed by atoms with Crippen molar-refractivity contribution in [3.05, 3.63) is 29.8 Å². The largest absolute Gasteiger partial charge is 0.399 e. The fourth-order valence-corrected chi connectivity index (χ4v) is 1.92. The smallest absolute Gasteiger partial charge is 0.336 e. The summed E-state index contributed by atoms with van der Waals surface area (Å²) in [6.45, 7) is 5.35. The number of nitrogens with one attached hydrogen (secondary N) is 4. The second kappa shape index (κ2) is 8.81. The number of nitrogen functional groups attached to an aromatic ring is 1. The molecule has 0 fully saturated rings. The molecule has 0 heterocycles. The van der Waals surface area contributed by atoms with Gasteiger partial charge in [-0.25, -0.2) is 10.2 Å². The summed E-state index contributed by atoms with van der Waals surface area (Å²) in [4.78, 5) is 47.0. The molecule has 0 radical (unpaired) electrons. The van der Waals surface area contributed by atoms with E-state index < -0.39 is 35.3 Å². The molecule has 5 amide bonds. The van der Waals surface area contributed by atoms with Gasteiger partial charge >= 0.3 is 6.03 Å². The Morgan fingerprint density at radius 1 is 1.15 bits per heavy atom. The molecule has 0 aliphatic heterocycles. The quantitative estimate of drug-likeness (QED) is 0.290. The second-order valence-electron chi connectivity index (χ2n) is 6.64. The highest BCUT2D eigenvalue weighted by atomic mass is 16.2. The standard InChI is InChI=1S/C16H24N6O4/c1-16(2,3)20-12(23)8-11(13(18)24)21-22-15(26)19-14(25)9-5-4-6-10(17)7-9/h4-7,11,21H,8,17H2,1-3H3,(H2,18,24)(H,20,23)(H2,19,22,25,26). The molecular formula is C16H24N6O4. The van der Waals surface area contributed by atoms with Crippen LogP contribution in [0.1, 0.15) is 37.6 Å². The molecule has 1 aromatic rings. The lowest BCUT2D eigenvalue weighted by atomic mass is 10.1. The summed E-state index contributed by atoms with van der Waals surface area (Å²) in [5.41, 5.74) is 15.3. The average molecular weight is 364 g/mol. The van der Waals surface area contributed by atoms with E-state index in [0.29, 0.717) is 5.69 Å². The van der Waals surface area contributed by atoms with Gasteiger partial charge in [0, 0.05) is 16.8 Å². The van der Waals surface area contributed by atoms with Gasteiger partial charge in [-0.15, -0.1) is 0 Å². The summed E-state index contributed by atoms with van der Waals surface area (Å²) in [5, 5.41) is 4.72. The molecule has 0 saturated carbocycles. The third kappa shape index (κ3) is 7.62. The topological polar surface area (TPSA) is 168 Å². The molecule has 1 rings (SSSR count). The van der Waals surface area contributed by atoms with Crippen LogP contribution in [0, 0.1) is 0 Å². The summed E-state index contributed by atoms with van der Waals surface area (Å²) in [6.07, 6.45) is -0.282. The van der Waals surface area contributed by atoms with Gasteiger partial charge in [-0.1, -0.05) is 6.07 Å². The summed E-state index contributed by atoms with van der Waals surface area (Å²) in [6, 6.07) is 3.98. The Hall–Kier alpha value is -3.14. The van der Waals surface area contributed by atoms with Crippen molar-refractivity contribution in [2.24, 2.45) is 5.73 Å². The van der Waals surface area contributed by atoms with Gasteiger partial charge in [0.1, 0.15) is 6.04 Å². The zero-order valence-electron chi connectivity index (χ0n) is 14.9. The number of carbonyl (C=O) groups is 4. The summed E-state index contributed by atoms with van der Waals surface area (Å²) in [7, 11) is 0. The van der Waals surface area contributed by atoms with Gasteiger partial charge in [0.05, 0.1) is 6.42 Å². The van der Waals surface area contributed by atoms with Gasteiger partial charge in [-0.05, 0) is 39.0 Å². The molecule has 1 aromatic carbocycles. The van der Waals surface area contributed by atoms with Gasteiger partial charge in [0.15, 0.2) is 0 Å². The van der Waals surface area contributed by atoms with Crippen LogP contribution in [0.15, 0.2) is 24.3 Å². The second-order valence-corrected chi connectivity index (χ2v) is 6.64. The number of amides is 5. The molecule has 10 heteroatoms. The van der Waals surface area contributed by atoms with Crippen LogP contribution in [-0.2, 0) is 9.59 Å². The first-order chi connectivity index (χ1) is 12.0. The number of primary amides is 1. The molecule has 0 saturated heterocycles. The summed E-state index contributed by atoms with van der Waals surface area (Å²) < 4.78 is 0. The predicted molar refractivity (Wildman–Crippen MR) is 95.5 cm³/mol. The Kier molecular flexibility index (Phi) is 7.08. The zero-order chi connectivity index (χ0) is 19.9. The minimum absolute atomic E-state index is 0.191. The fourth-order valence-electron chi connectivity index (χ4n) is 1.92. The van der Waals surface area contributed by atoms with Crippen LogP contribution in [-0.4, -0.2) is 35.3 Å². The molecular weight excluding hydrogens is 340 g/mol. The maximum absolute atomic E-state index is 11.9. The molecule has 0 aliphatic rings. The SMILES string of the molecule is CC(C)(C)NC(=O)CC(NNC(=O)NC(=O)c1cccc(N)c1)C(N)=O. The van der Waals surface area contributed by atoms with E-state index in [9.17, 15) is 19.2 Å². The van der Waals surface area contributed by atoms with Crippen molar-refractivity contribution in [1.29, 1.82) is 0 Å². The Morgan fingerprint density at radius 2 is 1.81 bits per heavy atom. The minimum atomic E-state index is -1.15. The number of urea groups is 1. The van der Waals surface area contributed by atoms with Gasteiger partial charge in [0.25, 0.3) is 5.91 Å². The fraction of sp³-hybridized carbons (Fsp3) is 0.375. The van der Waals surface area contributed by atoms with E-state index in [1.807, 2.05) is 5.32 Å². The van der Waals surface area contributed by atoms with Crippen molar-refractivity contribution in [3.63, 3.8) is 0 Å². The van der Waals surface area contributed by atoms with E-state index in [1.54, 1.807) is 32.9 Å². The molecule has 1 atom stereocenters. The Balaban J connectivity index is 2.55. The van der Waals surface area contributed by atoms with E-state index in [1.165, 1.54) is 12.1 Å². The van der Waals surface area contributed by atoms with Gasteiger partial charge in [-0.3, -0.25) is 25.1 Å². The normalized spacial score (nSPS) is 12.0. The van der Waals surface area contributed by atoms with E-state index in [0.717, 1.165) is 0 Å². The monoisotopic (exact) mass is 364 g/mol. The highest BCUT2D eigenvalue weighted by molar-refractivity contribution is 6.04. The summed E-state index contributed by atoms with van der Waals surface area (Å²) >= 11 is 0. The Morgan fingerprint density at radius 3 is 2.35 bits per heavy atom. The number of hydrazine groups is 1. The van der Waals surface area contributed by atoms with Crippen molar-refractivity contribution in [2.45, 2.75) is 38.8 Å². The average Bonchev–Trinajstić information content (AvgIpc) is 2.49. The third-order valence-electron chi connectivity index (χ3n) is 2.98. The van der Waals surface area contributed by atoms with E-state index >= 15 is 0 Å². The Labute approximate surface area is 151 Å². The van der Waals surface area contributed by atoms with Crippen molar-refractivity contribution < 1.29 is 19.2 Å². The van der Waals surface area contributed by atoms with Crippen molar-refractivity contribution in [2.75, 3.05) is 5.73 Å². The molecule has 0 aliphatic carbocycles. The number of hydrogen-bond donors (Lipinski definition) is 6.